The lowest BCUT2D eigenvalue weighted by atomic mass is 10.1. The number of nitrogens with one attached hydrogen (secondary N) is 1. The van der Waals surface area contributed by atoms with Crippen LogP contribution < -0.4 is 9.47 Å². The van der Waals surface area contributed by atoms with E-state index in [4.69, 9.17) is 14.9 Å². The second-order valence-electron chi connectivity index (χ2n) is 6.80. The normalized spacial score (nSPS) is 16.9. The molecule has 0 fully saturated rings. The first kappa shape index (κ1) is 23.9. The number of sulfone groups is 1. The number of aliphatic imine (C=N–C) groups is 1. The van der Waals surface area contributed by atoms with Gasteiger partial charge in [-0.1, -0.05) is 19.1 Å². The van der Waals surface area contributed by atoms with Crippen molar-refractivity contribution in [3.8, 4) is 11.5 Å². The molecule has 0 aliphatic carbocycles. The number of carbonyl (C=O) groups excluding carboxylic acids is 2. The van der Waals surface area contributed by atoms with Gasteiger partial charge in [0.15, 0.2) is 17.3 Å². The number of rotatable bonds is 6. The number of carbonyl (C=O) groups is 2. The first-order valence-electron chi connectivity index (χ1n) is 9.99. The van der Waals surface area contributed by atoms with Crippen LogP contribution in [0.5, 0.6) is 11.5 Å². The summed E-state index contributed by atoms with van der Waals surface area (Å²) in [5, 5.41) is 15.2. The fraction of sp³-hybridized carbons (Fsp3) is 0.190. The van der Waals surface area contributed by atoms with E-state index in [1.807, 2.05) is 0 Å². The third kappa shape index (κ3) is 4.67. The summed E-state index contributed by atoms with van der Waals surface area (Å²) >= 11 is 1.99. The molecule has 4 rings (SSSR count). The Morgan fingerprint density at radius 3 is 2.71 bits per heavy atom. The first-order chi connectivity index (χ1) is 16.2. The lowest BCUT2D eigenvalue weighted by Gasteiger charge is -2.20. The van der Waals surface area contributed by atoms with Gasteiger partial charge in [0.2, 0.25) is 19.4 Å². The average Bonchev–Trinajstić information content (AvgIpc) is 3.49. The van der Waals surface area contributed by atoms with Gasteiger partial charge in [0.25, 0.3) is 5.91 Å². The molecule has 1 aromatic carbocycles. The predicted molar refractivity (Wildman–Crippen MR) is 131 cm³/mol. The van der Waals surface area contributed by atoms with Crippen molar-refractivity contribution < 1.29 is 27.5 Å². The number of hydrogen-bond acceptors (Lipinski definition) is 10. The molecule has 13 heteroatoms. The minimum Gasteiger partial charge on any atom is -0.490 e. The van der Waals surface area contributed by atoms with Crippen molar-refractivity contribution in [2.75, 3.05) is 12.4 Å². The van der Waals surface area contributed by atoms with Crippen molar-refractivity contribution in [2.45, 2.75) is 13.8 Å². The van der Waals surface area contributed by atoms with E-state index in [-0.39, 0.29) is 38.2 Å². The topological polar surface area (TPSA) is 139 Å². The van der Waals surface area contributed by atoms with Gasteiger partial charge in [-0.05, 0) is 53.9 Å². The van der Waals surface area contributed by atoms with E-state index in [0.717, 1.165) is 16.8 Å². The fourth-order valence-corrected chi connectivity index (χ4v) is 5.66. The van der Waals surface area contributed by atoms with Crippen molar-refractivity contribution >= 4 is 66.3 Å². The molecule has 176 valence electrons. The number of hydrazone groups is 1. The van der Waals surface area contributed by atoms with Gasteiger partial charge in [-0.25, -0.2) is 13.2 Å². The van der Waals surface area contributed by atoms with Gasteiger partial charge in [-0.3, -0.25) is 10.2 Å². The maximum absolute atomic E-state index is 12.6. The Morgan fingerprint density at radius 1 is 1.24 bits per heavy atom. The number of esters is 1. The molecule has 0 atom stereocenters. The zero-order valence-corrected chi connectivity index (χ0v) is 20.4. The van der Waals surface area contributed by atoms with Gasteiger partial charge in [0, 0.05) is 0 Å². The van der Waals surface area contributed by atoms with E-state index in [1.165, 1.54) is 30.4 Å². The molecule has 0 spiro atoms. The van der Waals surface area contributed by atoms with Crippen molar-refractivity contribution in [1.82, 2.24) is 5.01 Å². The molecule has 0 radical (unpaired) electrons. The number of fused-ring (bicyclic) bond motifs is 1. The number of amides is 1. The zero-order valence-electron chi connectivity index (χ0n) is 18.0. The number of thioether (sulfide) groups is 1. The van der Waals surface area contributed by atoms with Crippen LogP contribution in [0.25, 0.3) is 6.08 Å². The van der Waals surface area contributed by atoms with E-state index >= 15 is 0 Å². The van der Waals surface area contributed by atoms with Gasteiger partial charge in [-0.2, -0.15) is 10.0 Å². The van der Waals surface area contributed by atoms with Crippen LogP contribution >= 0.6 is 23.1 Å². The van der Waals surface area contributed by atoms with Crippen LogP contribution in [-0.2, 0) is 14.6 Å². The number of amidine groups is 2. The third-order valence-electron chi connectivity index (χ3n) is 4.59. The molecule has 0 bridgehead atoms. The molecule has 3 heterocycles. The summed E-state index contributed by atoms with van der Waals surface area (Å²) in [7, 11) is -3.61. The van der Waals surface area contributed by atoms with Crippen molar-refractivity contribution in [3.05, 3.63) is 51.7 Å². The fourth-order valence-electron chi connectivity index (χ4n) is 2.90. The minimum atomic E-state index is -3.61. The molecule has 1 N–H and O–H groups in total. The quantitative estimate of drug-likeness (QED) is 0.349. The summed E-state index contributed by atoms with van der Waals surface area (Å²) in [5.74, 6) is -1.17. The van der Waals surface area contributed by atoms with Gasteiger partial charge in [0.1, 0.15) is 4.88 Å². The molecule has 2 aliphatic heterocycles. The summed E-state index contributed by atoms with van der Waals surface area (Å²) in [6, 6.07) is 8.10. The Labute approximate surface area is 203 Å². The Hall–Kier alpha value is -3.29. The summed E-state index contributed by atoms with van der Waals surface area (Å²) in [6.07, 6.45) is 1.42. The maximum Gasteiger partial charge on any atom is 0.353 e. The minimum absolute atomic E-state index is 0.0185. The van der Waals surface area contributed by atoms with E-state index in [0.29, 0.717) is 17.0 Å². The molecule has 10 nitrogen and oxygen atoms in total. The molecule has 34 heavy (non-hydrogen) atoms. The average molecular weight is 519 g/mol. The highest BCUT2D eigenvalue weighted by Crippen LogP contribution is 2.33. The number of thiophene rings is 1. The Bertz CT molecular complexity index is 1380. The Kier molecular flexibility index (Phi) is 6.68. The van der Waals surface area contributed by atoms with Crippen LogP contribution in [0, 0.1) is 5.41 Å². The van der Waals surface area contributed by atoms with Gasteiger partial charge in [0.05, 0.1) is 17.9 Å². The lowest BCUT2D eigenvalue weighted by molar-refractivity contribution is -0.114. The highest BCUT2D eigenvalue weighted by atomic mass is 32.3. The number of nitrogens with zero attached hydrogens (tertiary/aromatic N) is 3. The Balaban J connectivity index is 1.63. The lowest BCUT2D eigenvalue weighted by Crippen LogP contribution is -2.35. The molecular weight excluding hydrogens is 500 g/mol. The van der Waals surface area contributed by atoms with Crippen LogP contribution in [0.1, 0.15) is 29.1 Å². The summed E-state index contributed by atoms with van der Waals surface area (Å²) in [5.41, 5.74) is 0.414. The molecule has 2 aromatic rings. The summed E-state index contributed by atoms with van der Waals surface area (Å²) in [6.45, 7) is 3.56. The zero-order chi connectivity index (χ0) is 24.5. The Morgan fingerprint density at radius 2 is 2.03 bits per heavy atom. The second kappa shape index (κ2) is 9.52. The van der Waals surface area contributed by atoms with Crippen LogP contribution in [-0.4, -0.2) is 53.0 Å². The standard InChI is InChI=1S/C21H18N4O6S3/c1-3-30-15-11-12(7-8-14(15)31-19(27)16-6-5-9-32-16)10-13-17(22)25-20(23-18(13)26)33-21(24-25)34(28,29)4-2/h5-11,22H,3-4H2,1-2H3. The van der Waals surface area contributed by atoms with Crippen molar-refractivity contribution in [1.29, 1.82) is 5.41 Å². The summed E-state index contributed by atoms with van der Waals surface area (Å²) < 4.78 is 35.1. The third-order valence-corrected chi connectivity index (χ3v) is 8.52. The maximum atomic E-state index is 12.6. The molecule has 2 aliphatic rings. The van der Waals surface area contributed by atoms with Crippen molar-refractivity contribution in [2.24, 2.45) is 10.1 Å². The largest absolute Gasteiger partial charge is 0.490 e. The number of hydrogen-bond donors (Lipinski definition) is 1. The van der Waals surface area contributed by atoms with Gasteiger partial charge in [-0.15, -0.1) is 16.4 Å². The van der Waals surface area contributed by atoms with Crippen LogP contribution in [0.15, 0.2) is 51.4 Å². The monoisotopic (exact) mass is 518 g/mol. The smallest absolute Gasteiger partial charge is 0.353 e. The van der Waals surface area contributed by atoms with E-state index in [9.17, 15) is 18.0 Å². The molecule has 1 amide bonds. The van der Waals surface area contributed by atoms with Crippen LogP contribution in [0.4, 0.5) is 0 Å². The van der Waals surface area contributed by atoms with E-state index in [1.54, 1.807) is 36.6 Å². The molecule has 0 saturated carbocycles. The van der Waals surface area contributed by atoms with E-state index in [2.05, 4.69) is 10.1 Å². The van der Waals surface area contributed by atoms with E-state index < -0.39 is 21.7 Å². The van der Waals surface area contributed by atoms with Crippen molar-refractivity contribution in [3.63, 3.8) is 0 Å². The molecule has 1 aromatic heterocycles. The van der Waals surface area contributed by atoms with Gasteiger partial charge < -0.3 is 9.47 Å². The molecular formula is C21H18N4O6S3. The van der Waals surface area contributed by atoms with Crippen LogP contribution in [0.2, 0.25) is 0 Å². The van der Waals surface area contributed by atoms with Gasteiger partial charge >= 0.3 is 5.97 Å². The SMILES string of the molecule is CCOc1cc(C=C2C(=N)N3N=C(S(=O)(=O)CC)SC3=NC2=O)ccc1OC(=O)c1cccs1. The number of benzene rings is 1. The highest BCUT2D eigenvalue weighted by molar-refractivity contribution is 8.42. The molecule has 0 saturated heterocycles. The highest BCUT2D eigenvalue weighted by Gasteiger charge is 2.39. The second-order valence-corrected chi connectivity index (χ2v) is 11.2. The molecule has 0 unspecified atom stereocenters. The van der Waals surface area contributed by atoms with Crippen LogP contribution in [0.3, 0.4) is 0 Å². The first-order valence-corrected chi connectivity index (χ1v) is 13.3. The number of ether oxygens (including phenoxy) is 2. The predicted octanol–water partition coefficient (Wildman–Crippen LogP) is 3.38. The summed E-state index contributed by atoms with van der Waals surface area (Å²) in [4.78, 5) is 29.2.